The second-order valence-electron chi connectivity index (χ2n) is 4.61. The number of nitriles is 1. The number of aromatic nitrogens is 1. The van der Waals surface area contributed by atoms with Gasteiger partial charge in [-0.15, -0.1) is 0 Å². The van der Waals surface area contributed by atoms with Gasteiger partial charge in [0.15, 0.2) is 0 Å². The van der Waals surface area contributed by atoms with E-state index in [9.17, 15) is 0 Å². The van der Waals surface area contributed by atoms with Gasteiger partial charge in [0, 0.05) is 22.8 Å². The average Bonchev–Trinajstić information content (AvgIpc) is 2.55. The van der Waals surface area contributed by atoms with E-state index < -0.39 is 0 Å². The summed E-state index contributed by atoms with van der Waals surface area (Å²) < 4.78 is 5.76. The van der Waals surface area contributed by atoms with Crippen molar-refractivity contribution < 1.29 is 4.74 Å². The topological polar surface area (TPSA) is 71.9 Å². The van der Waals surface area contributed by atoms with Gasteiger partial charge in [0.25, 0.3) is 0 Å². The number of rotatable bonds is 3. The van der Waals surface area contributed by atoms with Crippen LogP contribution in [-0.2, 0) is 6.61 Å². The third-order valence-electron chi connectivity index (χ3n) is 3.28. The highest BCUT2D eigenvalue weighted by Crippen LogP contribution is 2.24. The number of fused-ring (bicyclic) bond motifs is 1. The smallest absolute Gasteiger partial charge is 0.137 e. The maximum atomic E-state index is 9.06. The molecule has 0 aliphatic heterocycles. The van der Waals surface area contributed by atoms with E-state index in [0.717, 1.165) is 16.5 Å². The quantitative estimate of drug-likeness (QED) is 0.745. The van der Waals surface area contributed by atoms with E-state index in [1.165, 1.54) is 0 Å². The number of ether oxygens (including phenoxy) is 1. The summed E-state index contributed by atoms with van der Waals surface area (Å²) >= 11 is 0. The van der Waals surface area contributed by atoms with E-state index in [4.69, 9.17) is 15.7 Å². The fraction of sp³-hybridized carbons (Fsp3) is 0.0588. The fourth-order valence-corrected chi connectivity index (χ4v) is 2.21. The van der Waals surface area contributed by atoms with Crippen LogP contribution in [0.25, 0.3) is 10.9 Å². The molecule has 0 spiro atoms. The van der Waals surface area contributed by atoms with Crippen molar-refractivity contribution >= 4 is 16.6 Å². The Hall–Kier alpha value is -3.06. The van der Waals surface area contributed by atoms with Crippen LogP contribution in [0.15, 0.2) is 54.7 Å². The first kappa shape index (κ1) is 12.9. The number of hydrogen-bond donors (Lipinski definition) is 1. The maximum Gasteiger partial charge on any atom is 0.137 e. The summed E-state index contributed by atoms with van der Waals surface area (Å²) in [6, 6.07) is 16.8. The number of benzene rings is 2. The van der Waals surface area contributed by atoms with Crippen LogP contribution in [0.3, 0.4) is 0 Å². The van der Waals surface area contributed by atoms with E-state index in [1.54, 1.807) is 18.3 Å². The number of hydrogen-bond acceptors (Lipinski definition) is 4. The van der Waals surface area contributed by atoms with Crippen LogP contribution in [0, 0.1) is 11.3 Å². The summed E-state index contributed by atoms with van der Waals surface area (Å²) in [7, 11) is 0. The van der Waals surface area contributed by atoms with Gasteiger partial charge in [-0.1, -0.05) is 18.2 Å². The number of nitrogens with two attached hydrogens (primary N) is 1. The minimum atomic E-state index is 0.340. The summed E-state index contributed by atoms with van der Waals surface area (Å²) in [5.74, 6) is 0.570. The van der Waals surface area contributed by atoms with Gasteiger partial charge in [-0.2, -0.15) is 5.26 Å². The predicted molar refractivity (Wildman–Crippen MR) is 81.6 cm³/mol. The molecule has 2 N–H and O–H groups in total. The molecule has 4 nitrogen and oxygen atoms in total. The van der Waals surface area contributed by atoms with Crippen LogP contribution in [0.5, 0.6) is 5.75 Å². The lowest BCUT2D eigenvalue weighted by Gasteiger charge is -2.10. The molecule has 3 rings (SSSR count). The van der Waals surface area contributed by atoms with E-state index in [-0.39, 0.29) is 0 Å². The van der Waals surface area contributed by atoms with E-state index in [0.29, 0.717) is 23.6 Å². The van der Waals surface area contributed by atoms with Crippen molar-refractivity contribution in [3.63, 3.8) is 0 Å². The molecule has 1 heterocycles. The molecule has 4 heteroatoms. The molecule has 1 aromatic heterocycles. The molecule has 0 saturated carbocycles. The van der Waals surface area contributed by atoms with Crippen LogP contribution in [-0.4, -0.2) is 4.98 Å². The Bertz CT molecular complexity index is 837. The van der Waals surface area contributed by atoms with E-state index in [1.807, 2.05) is 36.4 Å². The lowest BCUT2D eigenvalue weighted by atomic mass is 10.1. The minimum absolute atomic E-state index is 0.340. The normalized spacial score (nSPS) is 10.2. The van der Waals surface area contributed by atoms with Crippen LogP contribution >= 0.6 is 0 Å². The van der Waals surface area contributed by atoms with Crippen LogP contribution in [0.2, 0.25) is 0 Å². The summed E-state index contributed by atoms with van der Waals surface area (Å²) in [5.41, 5.74) is 8.93. The number of para-hydroxylation sites is 1. The summed E-state index contributed by atoms with van der Waals surface area (Å²) in [4.78, 5) is 4.37. The van der Waals surface area contributed by atoms with Crippen molar-refractivity contribution in [2.75, 3.05) is 5.73 Å². The second-order valence-corrected chi connectivity index (χ2v) is 4.61. The molecule has 0 amide bonds. The first-order valence-electron chi connectivity index (χ1n) is 6.53. The third-order valence-corrected chi connectivity index (χ3v) is 3.28. The Morgan fingerprint density at radius 1 is 1.10 bits per heavy atom. The average molecular weight is 275 g/mol. The molecule has 3 aromatic rings. The molecule has 21 heavy (non-hydrogen) atoms. The molecule has 0 radical (unpaired) electrons. The minimum Gasteiger partial charge on any atom is -0.487 e. The number of nitrogens with zero attached hydrogens (tertiary/aromatic N) is 2. The van der Waals surface area contributed by atoms with Crippen LogP contribution in [0.4, 0.5) is 5.69 Å². The molecular weight excluding hydrogens is 262 g/mol. The lowest BCUT2D eigenvalue weighted by Crippen LogP contribution is -2.00. The number of anilines is 1. The Kier molecular flexibility index (Phi) is 3.40. The SMILES string of the molecule is N#Cc1ccccc1OCc1ccc(N)c2cccnc12. The first-order valence-corrected chi connectivity index (χ1v) is 6.53. The van der Waals surface area contributed by atoms with Gasteiger partial charge in [0.05, 0.1) is 11.1 Å². The molecule has 0 aliphatic rings. The Morgan fingerprint density at radius 3 is 2.81 bits per heavy atom. The Morgan fingerprint density at radius 2 is 1.95 bits per heavy atom. The molecule has 0 fully saturated rings. The van der Waals surface area contributed by atoms with Crippen LogP contribution in [0.1, 0.15) is 11.1 Å². The Balaban J connectivity index is 1.93. The molecule has 0 saturated heterocycles. The van der Waals surface area contributed by atoms with E-state index >= 15 is 0 Å². The van der Waals surface area contributed by atoms with Gasteiger partial charge >= 0.3 is 0 Å². The van der Waals surface area contributed by atoms with Gasteiger partial charge in [-0.25, -0.2) is 0 Å². The first-order chi connectivity index (χ1) is 10.3. The standard InChI is InChI=1S/C17H13N3O/c18-10-12-4-1-2-6-16(12)21-11-13-7-8-15(19)14-5-3-9-20-17(13)14/h1-9H,11,19H2. The monoisotopic (exact) mass is 275 g/mol. The van der Waals surface area contributed by atoms with Gasteiger partial charge in [-0.3, -0.25) is 4.98 Å². The van der Waals surface area contributed by atoms with Crippen LogP contribution < -0.4 is 10.5 Å². The molecule has 102 valence electrons. The maximum absolute atomic E-state index is 9.06. The van der Waals surface area contributed by atoms with Gasteiger partial charge in [0.2, 0.25) is 0 Å². The summed E-state index contributed by atoms with van der Waals surface area (Å²) in [5, 5.41) is 9.97. The summed E-state index contributed by atoms with van der Waals surface area (Å²) in [6.07, 6.45) is 1.73. The molecular formula is C17H13N3O. The summed E-state index contributed by atoms with van der Waals surface area (Å²) in [6.45, 7) is 0.340. The third kappa shape index (κ3) is 2.49. The van der Waals surface area contributed by atoms with Crippen molar-refractivity contribution in [1.29, 1.82) is 5.26 Å². The number of nitrogen functional groups attached to an aromatic ring is 1. The number of pyridine rings is 1. The van der Waals surface area contributed by atoms with Crippen molar-refractivity contribution in [2.24, 2.45) is 0 Å². The fourth-order valence-electron chi connectivity index (χ4n) is 2.21. The highest BCUT2D eigenvalue weighted by molar-refractivity contribution is 5.92. The van der Waals surface area contributed by atoms with Gasteiger partial charge < -0.3 is 10.5 Å². The van der Waals surface area contributed by atoms with Crippen molar-refractivity contribution in [3.8, 4) is 11.8 Å². The molecule has 0 unspecified atom stereocenters. The van der Waals surface area contributed by atoms with Crippen molar-refractivity contribution in [3.05, 3.63) is 65.9 Å². The highest BCUT2D eigenvalue weighted by atomic mass is 16.5. The van der Waals surface area contributed by atoms with Crippen molar-refractivity contribution in [2.45, 2.75) is 6.61 Å². The zero-order valence-electron chi connectivity index (χ0n) is 11.3. The molecule has 0 bridgehead atoms. The molecule has 0 atom stereocenters. The zero-order chi connectivity index (χ0) is 14.7. The van der Waals surface area contributed by atoms with Gasteiger partial charge in [0.1, 0.15) is 18.4 Å². The highest BCUT2D eigenvalue weighted by Gasteiger charge is 2.07. The second kappa shape index (κ2) is 5.51. The molecule has 0 aliphatic carbocycles. The zero-order valence-corrected chi connectivity index (χ0v) is 11.3. The van der Waals surface area contributed by atoms with Crippen molar-refractivity contribution in [1.82, 2.24) is 4.98 Å². The predicted octanol–water partition coefficient (Wildman–Crippen LogP) is 3.27. The largest absolute Gasteiger partial charge is 0.487 e. The van der Waals surface area contributed by atoms with Gasteiger partial charge in [-0.05, 0) is 30.3 Å². The lowest BCUT2D eigenvalue weighted by molar-refractivity contribution is 0.306. The molecule has 2 aromatic carbocycles. The van der Waals surface area contributed by atoms with E-state index in [2.05, 4.69) is 11.1 Å². The Labute approximate surface area is 122 Å².